The molecule has 3 aromatic rings. The Morgan fingerprint density at radius 2 is 1.96 bits per heavy atom. The van der Waals surface area contributed by atoms with Gasteiger partial charge in [0.2, 0.25) is 0 Å². The molecule has 146 valence electrons. The molecule has 0 unspecified atom stereocenters. The van der Waals surface area contributed by atoms with E-state index in [0.29, 0.717) is 12.5 Å². The standard InChI is InChI=1S/C22H25N3O2S/c1-13-18-14(2)24-20(16-8-9-16)25-22(18)28-19(13)21(26)23-12-4-5-15-6-10-17(27-3)11-7-15/h6-7,10-11,16H,4-5,8-9,12H2,1-3H3,(H,23,26). The first-order valence-corrected chi connectivity index (χ1v) is 10.6. The van der Waals surface area contributed by atoms with E-state index in [1.54, 1.807) is 7.11 Å². The van der Waals surface area contributed by atoms with Crippen molar-refractivity contribution in [3.63, 3.8) is 0 Å². The second-order valence-electron chi connectivity index (χ2n) is 7.39. The molecule has 0 bridgehead atoms. The number of carbonyl (C=O) groups is 1. The van der Waals surface area contributed by atoms with Gasteiger partial charge in [-0.1, -0.05) is 12.1 Å². The van der Waals surface area contributed by atoms with E-state index in [2.05, 4.69) is 22.4 Å². The minimum Gasteiger partial charge on any atom is -0.497 e. The molecule has 5 nitrogen and oxygen atoms in total. The first-order valence-electron chi connectivity index (χ1n) is 9.75. The van der Waals surface area contributed by atoms with Crippen LogP contribution in [0.15, 0.2) is 24.3 Å². The summed E-state index contributed by atoms with van der Waals surface area (Å²) in [6.45, 7) is 4.67. The normalized spacial score (nSPS) is 13.7. The van der Waals surface area contributed by atoms with Crippen LogP contribution in [-0.2, 0) is 6.42 Å². The van der Waals surface area contributed by atoms with Gasteiger partial charge in [0.1, 0.15) is 16.4 Å². The molecular formula is C22H25N3O2S. The van der Waals surface area contributed by atoms with Gasteiger partial charge in [-0.3, -0.25) is 4.79 Å². The van der Waals surface area contributed by atoms with Gasteiger partial charge < -0.3 is 10.1 Å². The quantitative estimate of drug-likeness (QED) is 0.596. The Balaban J connectivity index is 1.39. The van der Waals surface area contributed by atoms with Crippen LogP contribution in [0.3, 0.4) is 0 Å². The molecule has 0 radical (unpaired) electrons. The van der Waals surface area contributed by atoms with Crippen LogP contribution < -0.4 is 10.1 Å². The maximum atomic E-state index is 12.7. The molecule has 1 amide bonds. The van der Waals surface area contributed by atoms with E-state index in [0.717, 1.165) is 50.8 Å². The molecule has 6 heteroatoms. The van der Waals surface area contributed by atoms with E-state index < -0.39 is 0 Å². The number of benzene rings is 1. The average molecular weight is 396 g/mol. The van der Waals surface area contributed by atoms with Crippen molar-refractivity contribution in [2.75, 3.05) is 13.7 Å². The summed E-state index contributed by atoms with van der Waals surface area (Å²) in [6, 6.07) is 8.06. The highest BCUT2D eigenvalue weighted by Crippen LogP contribution is 2.40. The lowest BCUT2D eigenvalue weighted by atomic mass is 10.1. The number of hydrogen-bond acceptors (Lipinski definition) is 5. The summed E-state index contributed by atoms with van der Waals surface area (Å²) in [7, 11) is 1.67. The number of amides is 1. The van der Waals surface area contributed by atoms with Crippen LogP contribution in [0.2, 0.25) is 0 Å². The Morgan fingerprint density at radius 3 is 2.64 bits per heavy atom. The molecular weight excluding hydrogens is 370 g/mol. The summed E-state index contributed by atoms with van der Waals surface area (Å²) in [5.74, 6) is 2.31. The number of aryl methyl sites for hydroxylation is 3. The summed E-state index contributed by atoms with van der Waals surface area (Å²) in [4.78, 5) is 23.8. The van der Waals surface area contributed by atoms with Crippen molar-refractivity contribution in [3.8, 4) is 5.75 Å². The summed E-state index contributed by atoms with van der Waals surface area (Å²) in [5, 5.41) is 4.10. The second kappa shape index (κ2) is 7.87. The van der Waals surface area contributed by atoms with Gasteiger partial charge in [-0.25, -0.2) is 9.97 Å². The van der Waals surface area contributed by atoms with Crippen LogP contribution in [0, 0.1) is 13.8 Å². The Morgan fingerprint density at radius 1 is 1.21 bits per heavy atom. The van der Waals surface area contributed by atoms with Crippen LogP contribution >= 0.6 is 11.3 Å². The monoisotopic (exact) mass is 395 g/mol. The van der Waals surface area contributed by atoms with Gasteiger partial charge >= 0.3 is 0 Å². The lowest BCUT2D eigenvalue weighted by Gasteiger charge is -2.06. The minimum atomic E-state index is -0.0115. The fraction of sp³-hybridized carbons (Fsp3) is 0.409. The first-order chi connectivity index (χ1) is 13.6. The number of aromatic nitrogens is 2. The SMILES string of the molecule is COc1ccc(CCCNC(=O)c2sc3nc(C4CC4)nc(C)c3c2C)cc1. The molecule has 0 atom stereocenters. The topological polar surface area (TPSA) is 64.1 Å². The molecule has 2 heterocycles. The predicted octanol–water partition coefficient (Wildman–Crippen LogP) is 4.56. The molecule has 1 aliphatic carbocycles. The zero-order chi connectivity index (χ0) is 19.7. The fourth-order valence-electron chi connectivity index (χ4n) is 3.47. The van der Waals surface area contributed by atoms with Crippen molar-refractivity contribution >= 4 is 27.5 Å². The molecule has 0 spiro atoms. The van der Waals surface area contributed by atoms with Gasteiger partial charge in [-0.2, -0.15) is 0 Å². The van der Waals surface area contributed by atoms with Crippen molar-refractivity contribution in [2.24, 2.45) is 0 Å². The number of nitrogens with one attached hydrogen (secondary N) is 1. The molecule has 1 aromatic carbocycles. The Hall–Kier alpha value is -2.47. The predicted molar refractivity (Wildman–Crippen MR) is 113 cm³/mol. The van der Waals surface area contributed by atoms with Gasteiger partial charge in [-0.15, -0.1) is 11.3 Å². The lowest BCUT2D eigenvalue weighted by molar-refractivity contribution is 0.0957. The van der Waals surface area contributed by atoms with Gasteiger partial charge in [0, 0.05) is 17.8 Å². The third kappa shape index (κ3) is 3.87. The summed E-state index contributed by atoms with van der Waals surface area (Å²) in [5.41, 5.74) is 3.22. The highest BCUT2D eigenvalue weighted by molar-refractivity contribution is 7.20. The maximum Gasteiger partial charge on any atom is 0.261 e. The molecule has 28 heavy (non-hydrogen) atoms. The minimum absolute atomic E-state index is 0.0115. The lowest BCUT2D eigenvalue weighted by Crippen LogP contribution is -2.24. The number of rotatable bonds is 7. The third-order valence-corrected chi connectivity index (χ3v) is 6.41. The number of carbonyl (C=O) groups excluding carboxylic acids is 1. The summed E-state index contributed by atoms with van der Waals surface area (Å²) < 4.78 is 5.18. The highest BCUT2D eigenvalue weighted by atomic mass is 32.1. The van der Waals surface area contributed by atoms with E-state index in [-0.39, 0.29) is 5.91 Å². The van der Waals surface area contributed by atoms with E-state index >= 15 is 0 Å². The van der Waals surface area contributed by atoms with E-state index in [4.69, 9.17) is 9.72 Å². The zero-order valence-corrected chi connectivity index (χ0v) is 17.4. The highest BCUT2D eigenvalue weighted by Gasteiger charge is 2.28. The van der Waals surface area contributed by atoms with Crippen LogP contribution in [0.25, 0.3) is 10.2 Å². The number of thiophene rings is 1. The Kier molecular flexibility index (Phi) is 5.31. The molecule has 1 saturated carbocycles. The largest absolute Gasteiger partial charge is 0.497 e. The first kappa shape index (κ1) is 18.9. The number of methoxy groups -OCH3 is 1. The average Bonchev–Trinajstić information content (AvgIpc) is 3.49. The van der Waals surface area contributed by atoms with Crippen molar-refractivity contribution in [3.05, 3.63) is 51.8 Å². The van der Waals surface area contributed by atoms with Gasteiger partial charge in [0.15, 0.2) is 0 Å². The number of fused-ring (bicyclic) bond motifs is 1. The molecule has 2 aromatic heterocycles. The van der Waals surface area contributed by atoms with Crippen molar-refractivity contribution in [2.45, 2.75) is 45.4 Å². The van der Waals surface area contributed by atoms with Crippen LogP contribution in [-0.4, -0.2) is 29.5 Å². The molecule has 4 rings (SSSR count). The van der Waals surface area contributed by atoms with Gasteiger partial charge in [0.05, 0.1) is 17.7 Å². The van der Waals surface area contributed by atoms with Crippen molar-refractivity contribution in [1.29, 1.82) is 0 Å². The van der Waals surface area contributed by atoms with Crippen LogP contribution in [0.4, 0.5) is 0 Å². The number of nitrogens with zero attached hydrogens (tertiary/aromatic N) is 2. The van der Waals surface area contributed by atoms with Crippen LogP contribution in [0.5, 0.6) is 5.75 Å². The smallest absolute Gasteiger partial charge is 0.261 e. The molecule has 1 aliphatic rings. The van der Waals surface area contributed by atoms with Crippen LogP contribution in [0.1, 0.15) is 57.5 Å². The second-order valence-corrected chi connectivity index (χ2v) is 8.38. The summed E-state index contributed by atoms with van der Waals surface area (Å²) in [6.07, 6.45) is 4.17. The summed E-state index contributed by atoms with van der Waals surface area (Å²) >= 11 is 1.49. The number of ether oxygens (including phenoxy) is 1. The third-order valence-electron chi connectivity index (χ3n) is 5.22. The number of hydrogen-bond donors (Lipinski definition) is 1. The van der Waals surface area contributed by atoms with E-state index in [9.17, 15) is 4.79 Å². The molecule has 1 fully saturated rings. The van der Waals surface area contributed by atoms with Gasteiger partial charge in [-0.05, 0) is 62.8 Å². The van der Waals surface area contributed by atoms with E-state index in [1.165, 1.54) is 29.7 Å². The Bertz CT molecular complexity index is 1010. The van der Waals surface area contributed by atoms with Crippen molar-refractivity contribution < 1.29 is 9.53 Å². The molecule has 0 aliphatic heterocycles. The fourth-order valence-corrected chi connectivity index (χ4v) is 4.62. The molecule has 0 saturated heterocycles. The van der Waals surface area contributed by atoms with E-state index in [1.807, 2.05) is 26.0 Å². The Labute approximate surface area is 169 Å². The molecule has 1 N–H and O–H groups in total. The maximum absolute atomic E-state index is 12.7. The zero-order valence-electron chi connectivity index (χ0n) is 16.5. The van der Waals surface area contributed by atoms with Gasteiger partial charge in [0.25, 0.3) is 5.91 Å². The van der Waals surface area contributed by atoms with Crippen molar-refractivity contribution in [1.82, 2.24) is 15.3 Å².